The number of halogens is 1. The molecule has 0 aliphatic rings. The van der Waals surface area contributed by atoms with E-state index < -0.39 is 17.7 Å². The van der Waals surface area contributed by atoms with Crippen molar-refractivity contribution in [3.05, 3.63) is 75.6 Å². The fourth-order valence-electron chi connectivity index (χ4n) is 2.64. The summed E-state index contributed by atoms with van der Waals surface area (Å²) in [5, 5.41) is 11.4. The van der Waals surface area contributed by atoms with E-state index in [4.69, 9.17) is 25.9 Å². The Hall–Kier alpha value is -3.32. The van der Waals surface area contributed by atoms with Crippen LogP contribution in [0.3, 0.4) is 0 Å². The highest BCUT2D eigenvalue weighted by atomic mass is 35.5. The highest BCUT2D eigenvalue weighted by molar-refractivity contribution is 6.17. The molecule has 1 heterocycles. The van der Waals surface area contributed by atoms with Gasteiger partial charge in [-0.25, -0.2) is 14.4 Å². The van der Waals surface area contributed by atoms with E-state index in [-0.39, 0.29) is 17.9 Å². The Morgan fingerprint density at radius 3 is 2.41 bits per heavy atom. The first kappa shape index (κ1) is 26.7. The van der Waals surface area contributed by atoms with Crippen molar-refractivity contribution >= 4 is 34.6 Å². The van der Waals surface area contributed by atoms with E-state index >= 15 is 0 Å². The lowest BCUT2D eigenvalue weighted by molar-refractivity contribution is 0.0730. The van der Waals surface area contributed by atoms with Gasteiger partial charge in [0.1, 0.15) is 16.9 Å². The third kappa shape index (κ3) is 7.74. The van der Waals surface area contributed by atoms with Crippen LogP contribution in [0.25, 0.3) is 11.0 Å². The molecule has 0 aliphatic heterocycles. The monoisotopic (exact) mass is 461 g/mol. The summed E-state index contributed by atoms with van der Waals surface area (Å²) in [6, 6.07) is 13.1. The zero-order valence-corrected chi connectivity index (χ0v) is 19.4. The molecule has 0 aliphatic carbocycles. The van der Waals surface area contributed by atoms with Gasteiger partial charge in [0.05, 0.1) is 0 Å². The van der Waals surface area contributed by atoms with Crippen molar-refractivity contribution in [1.29, 1.82) is 0 Å². The Bertz CT molecular complexity index is 1090. The second-order valence-electron chi connectivity index (χ2n) is 5.97. The maximum absolute atomic E-state index is 12.4. The zero-order valence-electron chi connectivity index (χ0n) is 18.6. The van der Waals surface area contributed by atoms with Crippen LogP contribution in [-0.4, -0.2) is 23.7 Å². The number of ether oxygens (including phenoxy) is 1. The van der Waals surface area contributed by atoms with Gasteiger partial charge in [0.25, 0.3) is 0 Å². The summed E-state index contributed by atoms with van der Waals surface area (Å²) in [7, 11) is 0. The lowest BCUT2D eigenvalue weighted by Crippen LogP contribution is -2.23. The maximum Gasteiger partial charge on any atom is 0.404 e. The van der Waals surface area contributed by atoms with Gasteiger partial charge in [0.15, 0.2) is 0 Å². The molecule has 0 saturated carbocycles. The highest BCUT2D eigenvalue weighted by Gasteiger charge is 2.16. The van der Waals surface area contributed by atoms with E-state index in [9.17, 15) is 14.4 Å². The van der Waals surface area contributed by atoms with Crippen molar-refractivity contribution in [3.63, 3.8) is 0 Å². The van der Waals surface area contributed by atoms with Crippen LogP contribution >= 0.6 is 11.6 Å². The number of carbonyl (C=O) groups is 2. The molecule has 7 nitrogen and oxygen atoms in total. The quantitative estimate of drug-likeness (QED) is 0.214. The molecule has 2 aromatic carbocycles. The van der Waals surface area contributed by atoms with Gasteiger partial charge in [-0.3, -0.25) is 0 Å². The van der Waals surface area contributed by atoms with E-state index in [0.717, 1.165) is 11.1 Å². The molecule has 3 aromatic rings. The predicted octanol–water partition coefficient (Wildman–Crippen LogP) is 5.61. The van der Waals surface area contributed by atoms with Crippen molar-refractivity contribution < 1.29 is 23.8 Å². The summed E-state index contributed by atoms with van der Waals surface area (Å²) in [6.07, 6.45) is -0.681. The molecule has 0 atom stereocenters. The number of esters is 1. The Balaban J connectivity index is 0.00000121. The van der Waals surface area contributed by atoms with Gasteiger partial charge in [-0.1, -0.05) is 45.9 Å². The zero-order chi connectivity index (χ0) is 24.1. The van der Waals surface area contributed by atoms with Crippen molar-refractivity contribution in [2.24, 2.45) is 0 Å². The second kappa shape index (κ2) is 13.9. The lowest BCUT2D eigenvalue weighted by Gasteiger charge is -2.07. The van der Waals surface area contributed by atoms with Crippen LogP contribution < -0.4 is 15.7 Å². The number of fused-ring (bicyclic) bond motifs is 1. The fourth-order valence-corrected chi connectivity index (χ4v) is 2.80. The van der Waals surface area contributed by atoms with Gasteiger partial charge in [-0.2, -0.15) is 0 Å². The summed E-state index contributed by atoms with van der Waals surface area (Å²) in [5.41, 5.74) is 0.930. The molecule has 1 amide bonds. The molecule has 0 saturated heterocycles. The van der Waals surface area contributed by atoms with Crippen molar-refractivity contribution in [2.45, 2.75) is 40.0 Å². The SMILES string of the molecule is CC.CC.O=C(O)NCCc1cccc(OC(=O)c2cc3cc(CCl)ccc3oc2=O)c1. The molecule has 0 bridgehead atoms. The Kier molecular flexibility index (Phi) is 11.6. The average molecular weight is 462 g/mol. The number of nitrogens with one attached hydrogen (secondary N) is 1. The van der Waals surface area contributed by atoms with E-state index in [1.165, 1.54) is 6.07 Å². The third-order valence-electron chi connectivity index (χ3n) is 3.97. The van der Waals surface area contributed by atoms with E-state index in [1.54, 1.807) is 42.5 Å². The van der Waals surface area contributed by atoms with Crippen LogP contribution in [-0.2, 0) is 12.3 Å². The minimum Gasteiger partial charge on any atom is -0.465 e. The Morgan fingerprint density at radius 2 is 1.75 bits per heavy atom. The first-order valence-electron chi connectivity index (χ1n) is 10.4. The number of benzene rings is 2. The summed E-state index contributed by atoms with van der Waals surface area (Å²) >= 11 is 5.82. The van der Waals surface area contributed by atoms with Crippen LogP contribution in [0.1, 0.15) is 49.2 Å². The lowest BCUT2D eigenvalue weighted by atomic mass is 10.1. The van der Waals surface area contributed by atoms with Crippen LogP contribution in [0.4, 0.5) is 4.79 Å². The van der Waals surface area contributed by atoms with E-state index in [2.05, 4.69) is 5.32 Å². The highest BCUT2D eigenvalue weighted by Crippen LogP contribution is 2.19. The number of rotatable bonds is 6. The minimum atomic E-state index is -1.11. The fraction of sp³-hybridized carbons (Fsp3) is 0.292. The van der Waals surface area contributed by atoms with Gasteiger partial charge in [-0.15, -0.1) is 11.6 Å². The van der Waals surface area contributed by atoms with Gasteiger partial charge in [0, 0.05) is 17.8 Å². The minimum absolute atomic E-state index is 0.225. The molecule has 172 valence electrons. The number of hydrogen-bond acceptors (Lipinski definition) is 5. The molecule has 0 radical (unpaired) electrons. The maximum atomic E-state index is 12.4. The molecule has 2 N–H and O–H groups in total. The van der Waals surface area contributed by atoms with Crippen LogP contribution in [0.2, 0.25) is 0 Å². The first-order chi connectivity index (χ1) is 15.5. The van der Waals surface area contributed by atoms with Crippen molar-refractivity contribution in [3.8, 4) is 5.75 Å². The number of carboxylic acid groups (broad SMARTS) is 1. The molecule has 0 fully saturated rings. The molecular weight excluding hydrogens is 434 g/mol. The first-order valence-corrected chi connectivity index (χ1v) is 10.9. The van der Waals surface area contributed by atoms with Crippen LogP contribution in [0.15, 0.2) is 57.7 Å². The molecular formula is C24H28ClNO6. The summed E-state index contributed by atoms with van der Waals surface area (Å²) in [5.74, 6) is -0.308. The summed E-state index contributed by atoms with van der Waals surface area (Å²) in [6.45, 7) is 8.23. The summed E-state index contributed by atoms with van der Waals surface area (Å²) < 4.78 is 10.5. The average Bonchev–Trinajstić information content (AvgIpc) is 2.81. The standard InChI is InChI=1S/C20H16ClNO6.2C2H6/c21-11-13-4-5-17-14(8-13)10-16(19(24)28-17)18(23)27-15-3-1-2-12(9-15)6-7-22-20(25)26;2*1-2/h1-5,8-10,22H,6-7,11H2,(H,25,26);2*1-2H3. The number of amides is 1. The Morgan fingerprint density at radius 1 is 1.03 bits per heavy atom. The van der Waals surface area contributed by atoms with Crippen molar-refractivity contribution in [1.82, 2.24) is 5.32 Å². The van der Waals surface area contributed by atoms with Gasteiger partial charge in [-0.05, 0) is 47.9 Å². The summed E-state index contributed by atoms with van der Waals surface area (Å²) in [4.78, 5) is 35.1. The molecule has 32 heavy (non-hydrogen) atoms. The van der Waals surface area contributed by atoms with Crippen LogP contribution in [0, 0.1) is 0 Å². The number of carbonyl (C=O) groups excluding carboxylic acids is 1. The molecule has 3 rings (SSSR count). The number of alkyl halides is 1. The topological polar surface area (TPSA) is 106 Å². The second-order valence-corrected chi connectivity index (χ2v) is 6.24. The Labute approximate surface area is 192 Å². The van der Waals surface area contributed by atoms with Crippen molar-refractivity contribution in [2.75, 3.05) is 6.54 Å². The largest absolute Gasteiger partial charge is 0.465 e. The molecule has 1 aromatic heterocycles. The van der Waals surface area contributed by atoms with E-state index in [0.29, 0.717) is 23.3 Å². The smallest absolute Gasteiger partial charge is 0.404 e. The molecule has 8 heteroatoms. The number of hydrogen-bond donors (Lipinski definition) is 2. The molecule has 0 spiro atoms. The van der Waals surface area contributed by atoms with Gasteiger partial charge < -0.3 is 19.6 Å². The van der Waals surface area contributed by atoms with Gasteiger partial charge >= 0.3 is 17.7 Å². The predicted molar refractivity (Wildman–Crippen MR) is 126 cm³/mol. The van der Waals surface area contributed by atoms with Crippen LogP contribution in [0.5, 0.6) is 5.75 Å². The third-order valence-corrected chi connectivity index (χ3v) is 4.28. The molecule has 0 unspecified atom stereocenters. The normalized spacial score (nSPS) is 9.66. The van der Waals surface area contributed by atoms with E-state index in [1.807, 2.05) is 27.7 Å². The van der Waals surface area contributed by atoms with Gasteiger partial charge in [0.2, 0.25) is 0 Å².